The number of nitrogens with zero attached hydrogens (tertiary/aromatic N) is 2. The number of ether oxygens (including phenoxy) is 1. The van der Waals surface area contributed by atoms with E-state index in [1.165, 1.54) is 0 Å². The fourth-order valence-corrected chi connectivity index (χ4v) is 2.57. The van der Waals surface area contributed by atoms with Crippen molar-refractivity contribution >= 4 is 11.6 Å². The Labute approximate surface area is 136 Å². The molecule has 0 atom stereocenters. The largest absolute Gasteiger partial charge is 0.497 e. The Bertz CT molecular complexity index is 726. The van der Waals surface area contributed by atoms with E-state index in [2.05, 4.69) is 15.5 Å². The Kier molecular flexibility index (Phi) is 5.11. The average molecular weight is 311 g/mol. The number of aromatic nitrogens is 1. The van der Waals surface area contributed by atoms with Crippen molar-refractivity contribution in [2.24, 2.45) is 5.10 Å². The summed E-state index contributed by atoms with van der Waals surface area (Å²) < 4.78 is 5.07. The van der Waals surface area contributed by atoms with Crippen molar-refractivity contribution in [3.8, 4) is 5.75 Å². The van der Waals surface area contributed by atoms with Crippen molar-refractivity contribution in [2.75, 3.05) is 7.11 Å². The zero-order chi connectivity index (χ0) is 17.0. The second-order valence-electron chi connectivity index (χ2n) is 5.41. The van der Waals surface area contributed by atoms with Gasteiger partial charge in [-0.15, -0.1) is 0 Å². The number of hydrogen-bond acceptors (Lipinski definition) is 4. The van der Waals surface area contributed by atoms with Gasteiger partial charge >= 0.3 is 0 Å². The number of aryl methyl sites for hydroxylation is 3. The van der Waals surface area contributed by atoms with Gasteiger partial charge in [-0.25, -0.2) is 5.43 Å². The van der Waals surface area contributed by atoms with E-state index in [1.54, 1.807) is 31.4 Å². The Morgan fingerprint density at radius 3 is 2.39 bits per heavy atom. The molecule has 23 heavy (non-hydrogen) atoms. The van der Waals surface area contributed by atoms with Crippen LogP contribution in [-0.4, -0.2) is 23.7 Å². The molecule has 0 bridgehead atoms. The van der Waals surface area contributed by atoms with Crippen molar-refractivity contribution in [1.29, 1.82) is 0 Å². The minimum atomic E-state index is -0.262. The van der Waals surface area contributed by atoms with Crippen LogP contribution in [0.3, 0.4) is 0 Å². The van der Waals surface area contributed by atoms with Gasteiger partial charge in [0.15, 0.2) is 0 Å². The fraction of sp³-hybridized carbons (Fsp3) is 0.278. The van der Waals surface area contributed by atoms with E-state index in [1.807, 2.05) is 33.8 Å². The lowest BCUT2D eigenvalue weighted by atomic mass is 10.0. The number of pyridine rings is 1. The second kappa shape index (κ2) is 7.05. The van der Waals surface area contributed by atoms with Gasteiger partial charge in [0.05, 0.1) is 12.8 Å². The number of amides is 1. The predicted octanol–water partition coefficient (Wildman–Crippen LogP) is 3.17. The molecule has 0 saturated heterocycles. The number of carbonyl (C=O) groups is 1. The minimum Gasteiger partial charge on any atom is -0.497 e. The Morgan fingerprint density at radius 1 is 1.17 bits per heavy atom. The number of methoxy groups -OCH3 is 1. The summed E-state index contributed by atoms with van der Waals surface area (Å²) >= 11 is 0. The predicted molar refractivity (Wildman–Crippen MR) is 91.1 cm³/mol. The molecule has 120 valence electrons. The molecule has 0 aliphatic carbocycles. The van der Waals surface area contributed by atoms with Gasteiger partial charge in [0.2, 0.25) is 0 Å². The number of rotatable bonds is 4. The van der Waals surface area contributed by atoms with E-state index in [0.717, 1.165) is 28.2 Å². The molecule has 1 aromatic carbocycles. The van der Waals surface area contributed by atoms with Crippen LogP contribution < -0.4 is 10.2 Å². The molecule has 5 heteroatoms. The SMILES string of the molecule is COc1ccc(C(=O)N/N=C(\C)c2c(C)cc(C)nc2C)cc1. The summed E-state index contributed by atoms with van der Waals surface area (Å²) in [5, 5.41) is 4.21. The zero-order valence-electron chi connectivity index (χ0n) is 14.1. The molecule has 2 rings (SSSR count). The van der Waals surface area contributed by atoms with Crippen LogP contribution in [0, 0.1) is 20.8 Å². The summed E-state index contributed by atoms with van der Waals surface area (Å²) in [4.78, 5) is 16.6. The highest BCUT2D eigenvalue weighted by molar-refractivity contribution is 6.02. The molecule has 0 fully saturated rings. The van der Waals surface area contributed by atoms with Crippen molar-refractivity contribution in [3.05, 3.63) is 58.4 Å². The first kappa shape index (κ1) is 16.7. The highest BCUT2D eigenvalue weighted by Gasteiger charge is 2.10. The lowest BCUT2D eigenvalue weighted by Crippen LogP contribution is -2.20. The first-order valence-corrected chi connectivity index (χ1v) is 7.36. The maximum Gasteiger partial charge on any atom is 0.271 e. The van der Waals surface area contributed by atoms with Crippen molar-refractivity contribution in [1.82, 2.24) is 10.4 Å². The normalized spacial score (nSPS) is 11.3. The van der Waals surface area contributed by atoms with Crippen LogP contribution in [0.4, 0.5) is 0 Å². The quantitative estimate of drug-likeness (QED) is 0.697. The Morgan fingerprint density at radius 2 is 1.83 bits per heavy atom. The number of hydrogen-bond donors (Lipinski definition) is 1. The van der Waals surface area contributed by atoms with E-state index in [4.69, 9.17) is 4.74 Å². The van der Waals surface area contributed by atoms with Gasteiger partial charge in [0.25, 0.3) is 5.91 Å². The number of carbonyl (C=O) groups excluding carboxylic acids is 1. The molecular weight excluding hydrogens is 290 g/mol. The third-order valence-electron chi connectivity index (χ3n) is 3.56. The summed E-state index contributed by atoms with van der Waals surface area (Å²) in [6.45, 7) is 7.78. The van der Waals surface area contributed by atoms with E-state index in [-0.39, 0.29) is 5.91 Å². The Balaban J connectivity index is 2.17. The van der Waals surface area contributed by atoms with Crippen LogP contribution in [0.2, 0.25) is 0 Å². The summed E-state index contributed by atoms with van der Waals surface area (Å²) in [5.74, 6) is 0.445. The lowest BCUT2D eigenvalue weighted by Gasteiger charge is -2.10. The van der Waals surface area contributed by atoms with E-state index in [0.29, 0.717) is 11.3 Å². The molecule has 0 unspecified atom stereocenters. The van der Waals surface area contributed by atoms with Crippen LogP contribution in [0.25, 0.3) is 0 Å². The average Bonchev–Trinajstić information content (AvgIpc) is 2.51. The molecule has 0 spiro atoms. The van der Waals surface area contributed by atoms with Crippen LogP contribution in [0.5, 0.6) is 5.75 Å². The molecule has 1 N–H and O–H groups in total. The zero-order valence-corrected chi connectivity index (χ0v) is 14.1. The third kappa shape index (κ3) is 3.94. The van der Waals surface area contributed by atoms with Gasteiger partial charge in [-0.2, -0.15) is 5.10 Å². The van der Waals surface area contributed by atoms with Crippen LogP contribution in [0.15, 0.2) is 35.4 Å². The highest BCUT2D eigenvalue weighted by atomic mass is 16.5. The number of nitrogens with one attached hydrogen (secondary N) is 1. The second-order valence-corrected chi connectivity index (χ2v) is 5.41. The molecule has 2 aromatic rings. The van der Waals surface area contributed by atoms with E-state index in [9.17, 15) is 4.79 Å². The summed E-state index contributed by atoms with van der Waals surface area (Å²) in [6, 6.07) is 8.88. The molecule has 0 radical (unpaired) electrons. The molecule has 5 nitrogen and oxygen atoms in total. The summed E-state index contributed by atoms with van der Waals surface area (Å²) in [7, 11) is 1.59. The lowest BCUT2D eigenvalue weighted by molar-refractivity contribution is 0.0955. The maximum absolute atomic E-state index is 12.1. The van der Waals surface area contributed by atoms with Crippen molar-refractivity contribution in [3.63, 3.8) is 0 Å². The number of benzene rings is 1. The maximum atomic E-state index is 12.1. The van der Waals surface area contributed by atoms with Crippen LogP contribution in [-0.2, 0) is 0 Å². The molecular formula is C18H21N3O2. The molecule has 1 aromatic heterocycles. The van der Waals surface area contributed by atoms with Gasteiger partial charge < -0.3 is 4.74 Å². The first-order chi connectivity index (χ1) is 10.9. The van der Waals surface area contributed by atoms with Crippen LogP contribution >= 0.6 is 0 Å². The van der Waals surface area contributed by atoms with Crippen molar-refractivity contribution < 1.29 is 9.53 Å². The van der Waals surface area contributed by atoms with Crippen LogP contribution in [0.1, 0.15) is 39.8 Å². The molecule has 0 saturated carbocycles. The van der Waals surface area contributed by atoms with Gasteiger partial charge in [0, 0.05) is 22.5 Å². The van der Waals surface area contributed by atoms with Gasteiger partial charge in [-0.3, -0.25) is 9.78 Å². The van der Waals surface area contributed by atoms with E-state index >= 15 is 0 Å². The molecule has 1 amide bonds. The van der Waals surface area contributed by atoms with Crippen molar-refractivity contribution in [2.45, 2.75) is 27.7 Å². The smallest absolute Gasteiger partial charge is 0.271 e. The van der Waals surface area contributed by atoms with Gasteiger partial charge in [-0.05, 0) is 63.6 Å². The molecule has 0 aliphatic heterocycles. The topological polar surface area (TPSA) is 63.6 Å². The molecule has 1 heterocycles. The third-order valence-corrected chi connectivity index (χ3v) is 3.56. The van der Waals surface area contributed by atoms with E-state index < -0.39 is 0 Å². The first-order valence-electron chi connectivity index (χ1n) is 7.36. The minimum absolute atomic E-state index is 0.262. The van der Waals surface area contributed by atoms with Gasteiger partial charge in [-0.1, -0.05) is 0 Å². The Hall–Kier alpha value is -2.69. The number of hydrazone groups is 1. The summed E-state index contributed by atoms with van der Waals surface area (Å²) in [5.41, 5.74) is 7.77. The standard InChI is InChI=1S/C18H21N3O2/c1-11-10-12(2)19-13(3)17(11)14(4)20-21-18(22)15-6-8-16(23-5)9-7-15/h6-10H,1-5H3,(H,21,22)/b20-14+. The highest BCUT2D eigenvalue weighted by Crippen LogP contribution is 2.14. The fourth-order valence-electron chi connectivity index (χ4n) is 2.57. The molecule has 0 aliphatic rings. The monoisotopic (exact) mass is 311 g/mol. The summed E-state index contributed by atoms with van der Waals surface area (Å²) in [6.07, 6.45) is 0. The van der Waals surface area contributed by atoms with Gasteiger partial charge in [0.1, 0.15) is 5.75 Å².